The summed E-state index contributed by atoms with van der Waals surface area (Å²) in [6, 6.07) is 19.9. The summed E-state index contributed by atoms with van der Waals surface area (Å²) in [4.78, 5) is 15.1. The first-order valence-electron chi connectivity index (χ1n) is 10.8. The van der Waals surface area contributed by atoms with Crippen molar-refractivity contribution in [3.8, 4) is 0 Å². The van der Waals surface area contributed by atoms with Crippen LogP contribution in [0.4, 0.5) is 0 Å². The number of amides is 1. The van der Waals surface area contributed by atoms with E-state index in [0.29, 0.717) is 30.0 Å². The number of likely N-dealkylation sites (N-methyl/N-ethyl adjacent to an activating group) is 1. The molecule has 1 amide bonds. The Morgan fingerprint density at radius 3 is 2.33 bits per heavy atom. The SMILES string of the molecule is Cc1ccc(S(=O)(=O)N[C@@H](CSCc2ccccc2)C(=O)NCCN(C)C)c2ccccc12. The van der Waals surface area contributed by atoms with Crippen molar-refractivity contribution in [1.82, 2.24) is 14.9 Å². The van der Waals surface area contributed by atoms with Gasteiger partial charge < -0.3 is 10.2 Å². The molecule has 6 nitrogen and oxygen atoms in total. The van der Waals surface area contributed by atoms with E-state index in [-0.39, 0.29) is 10.8 Å². The molecule has 33 heavy (non-hydrogen) atoms. The van der Waals surface area contributed by atoms with Gasteiger partial charge in [0.1, 0.15) is 6.04 Å². The van der Waals surface area contributed by atoms with Gasteiger partial charge in [0.15, 0.2) is 0 Å². The van der Waals surface area contributed by atoms with Gasteiger partial charge in [0, 0.05) is 30.0 Å². The van der Waals surface area contributed by atoms with Crippen LogP contribution in [0.3, 0.4) is 0 Å². The van der Waals surface area contributed by atoms with Crippen molar-refractivity contribution >= 4 is 38.5 Å². The maximum atomic E-state index is 13.4. The van der Waals surface area contributed by atoms with Gasteiger partial charge in [-0.1, -0.05) is 60.7 Å². The summed E-state index contributed by atoms with van der Waals surface area (Å²) in [5.41, 5.74) is 2.13. The summed E-state index contributed by atoms with van der Waals surface area (Å²) in [5.74, 6) is 0.695. The van der Waals surface area contributed by atoms with Crippen LogP contribution in [0, 0.1) is 6.92 Å². The van der Waals surface area contributed by atoms with Crippen LogP contribution in [0.1, 0.15) is 11.1 Å². The third kappa shape index (κ3) is 7.04. The molecule has 0 radical (unpaired) electrons. The molecule has 8 heteroatoms. The molecule has 0 unspecified atom stereocenters. The van der Waals surface area contributed by atoms with Crippen LogP contribution in [0.25, 0.3) is 10.8 Å². The third-order valence-corrected chi connectivity index (χ3v) is 7.90. The fourth-order valence-corrected chi connectivity index (χ4v) is 5.99. The predicted octanol–water partition coefficient (Wildman–Crippen LogP) is 3.41. The highest BCUT2D eigenvalue weighted by Gasteiger charge is 2.27. The van der Waals surface area contributed by atoms with E-state index in [4.69, 9.17) is 0 Å². The fourth-order valence-electron chi connectivity index (χ4n) is 3.47. The number of hydrogen-bond donors (Lipinski definition) is 2. The Kier molecular flexibility index (Phi) is 8.91. The monoisotopic (exact) mass is 485 g/mol. The predicted molar refractivity (Wildman–Crippen MR) is 137 cm³/mol. The molecule has 0 fully saturated rings. The van der Waals surface area contributed by atoms with E-state index in [1.165, 1.54) is 11.8 Å². The number of nitrogens with zero attached hydrogens (tertiary/aromatic N) is 1. The Bertz CT molecular complexity index is 1180. The second-order valence-corrected chi connectivity index (χ2v) is 10.9. The zero-order valence-corrected chi connectivity index (χ0v) is 20.9. The summed E-state index contributed by atoms with van der Waals surface area (Å²) in [7, 11) is -0.0765. The number of carbonyl (C=O) groups is 1. The van der Waals surface area contributed by atoms with Crippen molar-refractivity contribution in [3.05, 3.63) is 77.9 Å². The van der Waals surface area contributed by atoms with Crippen molar-refractivity contribution < 1.29 is 13.2 Å². The molecule has 0 aliphatic heterocycles. The first kappa shape index (κ1) is 25.2. The molecule has 0 saturated heterocycles. The zero-order chi connectivity index (χ0) is 23.8. The lowest BCUT2D eigenvalue weighted by Crippen LogP contribution is -2.49. The Labute approximate surface area is 200 Å². The molecule has 0 bridgehead atoms. The van der Waals surface area contributed by atoms with Gasteiger partial charge in [0.25, 0.3) is 0 Å². The van der Waals surface area contributed by atoms with Crippen LogP contribution in [0.5, 0.6) is 0 Å². The minimum absolute atomic E-state index is 0.183. The Morgan fingerprint density at radius 2 is 1.64 bits per heavy atom. The van der Waals surface area contributed by atoms with Crippen LogP contribution in [-0.2, 0) is 20.6 Å². The molecule has 176 valence electrons. The molecular weight excluding hydrogens is 454 g/mol. The summed E-state index contributed by atoms with van der Waals surface area (Å²) in [6.07, 6.45) is 0. The van der Waals surface area contributed by atoms with Gasteiger partial charge in [-0.25, -0.2) is 8.42 Å². The number of carbonyl (C=O) groups excluding carboxylic acids is 1. The molecule has 1 atom stereocenters. The number of aryl methyl sites for hydroxylation is 1. The number of sulfonamides is 1. The second kappa shape index (κ2) is 11.7. The van der Waals surface area contributed by atoms with Crippen LogP contribution in [0.15, 0.2) is 71.6 Å². The minimum atomic E-state index is -3.92. The van der Waals surface area contributed by atoms with Crippen molar-refractivity contribution in [1.29, 1.82) is 0 Å². The Hall–Kier alpha value is -2.39. The average molecular weight is 486 g/mol. The molecule has 3 aromatic rings. The Morgan fingerprint density at radius 1 is 0.970 bits per heavy atom. The van der Waals surface area contributed by atoms with Gasteiger partial charge in [-0.3, -0.25) is 4.79 Å². The van der Waals surface area contributed by atoms with Gasteiger partial charge in [0.05, 0.1) is 4.90 Å². The number of thioether (sulfide) groups is 1. The van der Waals surface area contributed by atoms with Crippen molar-refractivity contribution in [2.24, 2.45) is 0 Å². The van der Waals surface area contributed by atoms with Gasteiger partial charge in [-0.05, 0) is 43.6 Å². The minimum Gasteiger partial charge on any atom is -0.353 e. The molecule has 0 saturated carbocycles. The number of hydrogen-bond acceptors (Lipinski definition) is 5. The standard InChI is InChI=1S/C25H31N3O3S2/c1-19-13-14-24(22-12-8-7-11-21(19)22)33(30,31)27-23(25(29)26-15-16-28(2)3)18-32-17-20-9-5-4-6-10-20/h4-14,23,27H,15-18H2,1-3H3,(H,26,29)/t23-/m0/s1. The molecule has 0 aliphatic carbocycles. The number of fused-ring (bicyclic) bond motifs is 1. The van der Waals surface area contributed by atoms with E-state index in [1.807, 2.05) is 74.4 Å². The topological polar surface area (TPSA) is 78.5 Å². The van der Waals surface area contributed by atoms with Crippen LogP contribution in [-0.4, -0.2) is 58.2 Å². The largest absolute Gasteiger partial charge is 0.353 e. The maximum Gasteiger partial charge on any atom is 0.241 e. The third-order valence-electron chi connectivity index (χ3n) is 5.26. The Balaban J connectivity index is 1.80. The zero-order valence-electron chi connectivity index (χ0n) is 19.2. The maximum absolute atomic E-state index is 13.4. The van der Waals surface area contributed by atoms with Crippen molar-refractivity contribution in [2.45, 2.75) is 23.6 Å². The average Bonchev–Trinajstić information content (AvgIpc) is 2.79. The molecular formula is C25H31N3O3S2. The lowest BCUT2D eigenvalue weighted by Gasteiger charge is -2.20. The van der Waals surface area contributed by atoms with Gasteiger partial charge in [-0.15, -0.1) is 0 Å². The molecule has 0 aliphatic rings. The molecule has 3 rings (SSSR count). The van der Waals surface area contributed by atoms with Gasteiger partial charge in [-0.2, -0.15) is 16.5 Å². The van der Waals surface area contributed by atoms with Gasteiger partial charge >= 0.3 is 0 Å². The molecule has 3 aromatic carbocycles. The highest BCUT2D eigenvalue weighted by molar-refractivity contribution is 7.98. The molecule has 0 aromatic heterocycles. The quantitative estimate of drug-likeness (QED) is 0.435. The van der Waals surface area contributed by atoms with E-state index in [1.54, 1.807) is 18.2 Å². The molecule has 0 heterocycles. The van der Waals surface area contributed by atoms with E-state index >= 15 is 0 Å². The number of benzene rings is 3. The first-order valence-corrected chi connectivity index (χ1v) is 13.5. The molecule has 2 N–H and O–H groups in total. The van der Waals surface area contributed by atoms with E-state index in [9.17, 15) is 13.2 Å². The summed E-state index contributed by atoms with van der Waals surface area (Å²) < 4.78 is 29.4. The lowest BCUT2D eigenvalue weighted by molar-refractivity contribution is -0.122. The van der Waals surface area contributed by atoms with Crippen molar-refractivity contribution in [2.75, 3.05) is 32.9 Å². The summed E-state index contributed by atoms with van der Waals surface area (Å²) >= 11 is 1.53. The van der Waals surface area contributed by atoms with E-state index in [0.717, 1.165) is 16.5 Å². The fraction of sp³-hybridized carbons (Fsp3) is 0.320. The number of rotatable bonds is 11. The van der Waals surface area contributed by atoms with Gasteiger partial charge in [0.2, 0.25) is 15.9 Å². The van der Waals surface area contributed by atoms with Crippen LogP contribution < -0.4 is 10.0 Å². The highest BCUT2D eigenvalue weighted by atomic mass is 32.2. The second-order valence-electron chi connectivity index (χ2n) is 8.20. The smallest absolute Gasteiger partial charge is 0.241 e. The summed E-state index contributed by atoms with van der Waals surface area (Å²) in [5, 5.41) is 4.39. The van der Waals surface area contributed by atoms with Crippen LogP contribution in [0.2, 0.25) is 0 Å². The van der Waals surface area contributed by atoms with E-state index < -0.39 is 16.1 Å². The summed E-state index contributed by atoms with van der Waals surface area (Å²) in [6.45, 7) is 3.07. The first-order chi connectivity index (χ1) is 15.8. The highest BCUT2D eigenvalue weighted by Crippen LogP contribution is 2.26. The number of nitrogens with one attached hydrogen (secondary N) is 2. The lowest BCUT2D eigenvalue weighted by atomic mass is 10.1. The van der Waals surface area contributed by atoms with E-state index in [2.05, 4.69) is 10.0 Å². The van der Waals surface area contributed by atoms with Crippen LogP contribution >= 0.6 is 11.8 Å². The molecule has 0 spiro atoms. The van der Waals surface area contributed by atoms with Crippen molar-refractivity contribution in [3.63, 3.8) is 0 Å². The normalized spacial score (nSPS) is 12.7.